The number of amides is 1. The molecule has 2 aromatic rings. The predicted octanol–water partition coefficient (Wildman–Crippen LogP) is 0.405. The molecular formula is C13H18N6O. The van der Waals surface area contributed by atoms with E-state index in [1.165, 1.54) is 0 Å². The van der Waals surface area contributed by atoms with E-state index in [9.17, 15) is 4.79 Å². The third kappa shape index (κ3) is 2.66. The lowest BCUT2D eigenvalue weighted by Gasteiger charge is -2.14. The lowest BCUT2D eigenvalue weighted by atomic mass is 10.3. The van der Waals surface area contributed by atoms with Crippen LogP contribution in [0.2, 0.25) is 0 Å². The molecule has 1 amide bonds. The van der Waals surface area contributed by atoms with E-state index in [1.807, 2.05) is 23.9 Å². The molecule has 2 aromatic heterocycles. The Kier molecular flexibility index (Phi) is 3.41. The van der Waals surface area contributed by atoms with Crippen LogP contribution in [0.1, 0.15) is 22.6 Å². The monoisotopic (exact) mass is 274 g/mol. The molecule has 106 valence electrons. The molecule has 0 unspecified atom stereocenters. The van der Waals surface area contributed by atoms with Crippen LogP contribution in [0.4, 0.5) is 5.95 Å². The Hall–Kier alpha value is -2.31. The van der Waals surface area contributed by atoms with Gasteiger partial charge in [0, 0.05) is 45.5 Å². The van der Waals surface area contributed by atoms with E-state index < -0.39 is 0 Å². The summed E-state index contributed by atoms with van der Waals surface area (Å²) >= 11 is 0. The second-order valence-electron chi connectivity index (χ2n) is 4.91. The normalized spacial score (nSPS) is 13.7. The summed E-state index contributed by atoms with van der Waals surface area (Å²) in [4.78, 5) is 16.3. The molecule has 0 bridgehead atoms. The largest absolute Gasteiger partial charge is 0.356 e. The van der Waals surface area contributed by atoms with Gasteiger partial charge >= 0.3 is 0 Å². The second kappa shape index (κ2) is 5.36. The minimum absolute atomic E-state index is 0.135. The van der Waals surface area contributed by atoms with Gasteiger partial charge in [-0.05, 0) is 12.5 Å². The van der Waals surface area contributed by atoms with Gasteiger partial charge in [-0.3, -0.25) is 9.48 Å². The predicted molar refractivity (Wildman–Crippen MR) is 74.6 cm³/mol. The van der Waals surface area contributed by atoms with Crippen LogP contribution in [0.5, 0.6) is 0 Å². The van der Waals surface area contributed by atoms with E-state index in [4.69, 9.17) is 0 Å². The maximum absolute atomic E-state index is 12.0. The fourth-order valence-corrected chi connectivity index (χ4v) is 2.28. The zero-order valence-electron chi connectivity index (χ0n) is 11.5. The van der Waals surface area contributed by atoms with E-state index in [0.717, 1.165) is 37.6 Å². The van der Waals surface area contributed by atoms with Gasteiger partial charge in [0.25, 0.3) is 5.91 Å². The first-order chi connectivity index (χ1) is 9.72. The first kappa shape index (κ1) is 12.7. The van der Waals surface area contributed by atoms with Crippen LogP contribution in [0.25, 0.3) is 0 Å². The summed E-state index contributed by atoms with van der Waals surface area (Å²) in [5.74, 6) is 0.649. The Bertz CT molecular complexity index is 591. The molecule has 0 aromatic carbocycles. The number of anilines is 1. The van der Waals surface area contributed by atoms with Gasteiger partial charge in [0.15, 0.2) is 0 Å². The summed E-state index contributed by atoms with van der Waals surface area (Å²) in [7, 11) is 1.88. The molecule has 1 aliphatic heterocycles. The molecular weight excluding hydrogens is 256 g/mol. The van der Waals surface area contributed by atoms with Crippen molar-refractivity contribution < 1.29 is 4.79 Å². The van der Waals surface area contributed by atoms with Crippen LogP contribution >= 0.6 is 0 Å². The number of carbonyl (C=O) groups excluding carboxylic acids is 1. The number of hydrogen-bond donors (Lipinski definition) is 2. The lowest BCUT2D eigenvalue weighted by molar-refractivity contribution is 0.0949. The highest BCUT2D eigenvalue weighted by Gasteiger charge is 2.16. The van der Waals surface area contributed by atoms with E-state index in [0.29, 0.717) is 12.2 Å². The molecule has 3 heterocycles. The first-order valence-electron chi connectivity index (χ1n) is 6.80. The topological polar surface area (TPSA) is 76.8 Å². The Morgan fingerprint density at radius 2 is 2.45 bits per heavy atom. The number of imidazole rings is 1. The lowest BCUT2D eigenvalue weighted by Crippen LogP contribution is -2.26. The molecule has 20 heavy (non-hydrogen) atoms. The van der Waals surface area contributed by atoms with E-state index in [2.05, 4.69) is 20.7 Å². The number of nitrogens with zero attached hydrogens (tertiary/aromatic N) is 4. The molecule has 0 fully saturated rings. The van der Waals surface area contributed by atoms with Gasteiger partial charge in [-0.1, -0.05) is 0 Å². The minimum atomic E-state index is -0.135. The van der Waals surface area contributed by atoms with Gasteiger partial charge in [0.2, 0.25) is 5.95 Å². The first-order valence-corrected chi connectivity index (χ1v) is 6.80. The molecule has 0 radical (unpaired) electrons. The van der Waals surface area contributed by atoms with Gasteiger partial charge < -0.3 is 15.2 Å². The number of hydrogen-bond acceptors (Lipinski definition) is 4. The van der Waals surface area contributed by atoms with Crippen molar-refractivity contribution in [2.75, 3.05) is 18.4 Å². The Morgan fingerprint density at radius 1 is 1.55 bits per heavy atom. The molecule has 0 saturated heterocycles. The fraction of sp³-hybridized carbons (Fsp3) is 0.462. The quantitative estimate of drug-likeness (QED) is 0.846. The van der Waals surface area contributed by atoms with E-state index in [-0.39, 0.29) is 5.91 Å². The molecule has 0 atom stereocenters. The molecule has 0 saturated carbocycles. The summed E-state index contributed by atoms with van der Waals surface area (Å²) < 4.78 is 3.74. The molecule has 7 heteroatoms. The Labute approximate surface area is 117 Å². The molecule has 2 N–H and O–H groups in total. The van der Waals surface area contributed by atoms with E-state index in [1.54, 1.807) is 10.9 Å². The van der Waals surface area contributed by atoms with Crippen molar-refractivity contribution in [2.24, 2.45) is 7.05 Å². The molecule has 3 rings (SSSR count). The SMILES string of the molecule is Cn1ccc(CCNC(=O)c2cn3c(n2)NCCC3)n1. The van der Waals surface area contributed by atoms with Crippen molar-refractivity contribution in [1.82, 2.24) is 24.6 Å². The van der Waals surface area contributed by atoms with Gasteiger partial charge in [0.1, 0.15) is 5.69 Å². The summed E-state index contributed by atoms with van der Waals surface area (Å²) in [6, 6.07) is 1.95. The second-order valence-corrected chi connectivity index (χ2v) is 4.91. The fourth-order valence-electron chi connectivity index (χ4n) is 2.28. The number of aryl methyl sites for hydroxylation is 2. The van der Waals surface area contributed by atoms with Crippen molar-refractivity contribution in [3.05, 3.63) is 29.8 Å². The molecule has 7 nitrogen and oxygen atoms in total. The highest BCUT2D eigenvalue weighted by molar-refractivity contribution is 5.92. The average molecular weight is 274 g/mol. The van der Waals surface area contributed by atoms with Crippen molar-refractivity contribution in [3.63, 3.8) is 0 Å². The number of nitrogens with one attached hydrogen (secondary N) is 2. The van der Waals surface area contributed by atoms with Gasteiger partial charge in [-0.25, -0.2) is 4.98 Å². The molecule has 1 aliphatic rings. The van der Waals surface area contributed by atoms with Crippen LogP contribution < -0.4 is 10.6 Å². The summed E-state index contributed by atoms with van der Waals surface area (Å²) in [6.07, 6.45) is 5.48. The Morgan fingerprint density at radius 3 is 3.20 bits per heavy atom. The standard InChI is InChI=1S/C13H18N6O/c1-18-8-4-10(17-18)3-6-14-12(20)11-9-19-7-2-5-15-13(19)16-11/h4,8-9H,2-3,5-7H2,1H3,(H,14,20)(H,15,16). The molecule has 0 spiro atoms. The third-order valence-corrected chi connectivity index (χ3v) is 3.30. The summed E-state index contributed by atoms with van der Waals surface area (Å²) in [5, 5.41) is 10.3. The average Bonchev–Trinajstić information content (AvgIpc) is 3.04. The number of fused-ring (bicyclic) bond motifs is 1. The third-order valence-electron chi connectivity index (χ3n) is 3.30. The zero-order chi connectivity index (χ0) is 13.9. The maximum atomic E-state index is 12.0. The zero-order valence-corrected chi connectivity index (χ0v) is 11.5. The van der Waals surface area contributed by atoms with E-state index >= 15 is 0 Å². The molecule has 0 aliphatic carbocycles. The van der Waals surface area contributed by atoms with Crippen molar-refractivity contribution in [1.29, 1.82) is 0 Å². The number of rotatable bonds is 4. The summed E-state index contributed by atoms with van der Waals surface area (Å²) in [6.45, 7) is 2.39. The Balaban J connectivity index is 1.55. The smallest absolute Gasteiger partial charge is 0.271 e. The highest BCUT2D eigenvalue weighted by atomic mass is 16.1. The van der Waals surface area contributed by atoms with Crippen LogP contribution in [0.3, 0.4) is 0 Å². The van der Waals surface area contributed by atoms with Gasteiger partial charge in [-0.2, -0.15) is 5.10 Å². The van der Waals surface area contributed by atoms with Crippen molar-refractivity contribution in [3.8, 4) is 0 Å². The van der Waals surface area contributed by atoms with Crippen LogP contribution in [0, 0.1) is 0 Å². The van der Waals surface area contributed by atoms with Crippen LogP contribution in [-0.4, -0.2) is 38.3 Å². The number of carbonyl (C=O) groups is 1. The van der Waals surface area contributed by atoms with Gasteiger partial charge in [-0.15, -0.1) is 0 Å². The number of aromatic nitrogens is 4. The van der Waals surface area contributed by atoms with Gasteiger partial charge in [0.05, 0.1) is 5.69 Å². The van der Waals surface area contributed by atoms with Crippen LogP contribution in [0.15, 0.2) is 18.5 Å². The maximum Gasteiger partial charge on any atom is 0.271 e. The highest BCUT2D eigenvalue weighted by Crippen LogP contribution is 2.13. The van der Waals surface area contributed by atoms with Crippen molar-refractivity contribution >= 4 is 11.9 Å². The van der Waals surface area contributed by atoms with Crippen LogP contribution in [-0.2, 0) is 20.0 Å². The summed E-state index contributed by atoms with van der Waals surface area (Å²) in [5.41, 5.74) is 1.44. The van der Waals surface area contributed by atoms with Crippen molar-refractivity contribution in [2.45, 2.75) is 19.4 Å². The minimum Gasteiger partial charge on any atom is -0.356 e.